The van der Waals surface area contributed by atoms with Crippen LogP contribution in [0.4, 0.5) is 11.4 Å². The van der Waals surface area contributed by atoms with Crippen LogP contribution in [0.5, 0.6) is 0 Å². The van der Waals surface area contributed by atoms with Gasteiger partial charge in [-0.3, -0.25) is 10.1 Å². The van der Waals surface area contributed by atoms with Crippen molar-refractivity contribution in [3.8, 4) is 0 Å². The molecular weight excluding hydrogens is 206 g/mol. The lowest BCUT2D eigenvalue weighted by molar-refractivity contribution is -0.384. The third-order valence-electron chi connectivity index (χ3n) is 2.09. The maximum atomic E-state index is 10.6. The van der Waals surface area contributed by atoms with Crippen LogP contribution in [0.3, 0.4) is 0 Å². The molecule has 0 saturated heterocycles. The van der Waals surface area contributed by atoms with Crippen LogP contribution in [0.2, 0.25) is 5.02 Å². The van der Waals surface area contributed by atoms with Gasteiger partial charge in [0.05, 0.1) is 10.6 Å². The van der Waals surface area contributed by atoms with Gasteiger partial charge in [0.1, 0.15) is 5.02 Å². The number of anilines is 1. The Hall–Kier alpha value is -1.33. The van der Waals surface area contributed by atoms with Gasteiger partial charge in [0.2, 0.25) is 0 Å². The first-order valence-electron chi connectivity index (χ1n) is 4.02. The minimum Gasteiger partial charge on any atom is -0.318 e. The molecule has 0 saturated carbocycles. The van der Waals surface area contributed by atoms with E-state index in [1.807, 2.05) is 12.1 Å². The second kappa shape index (κ2) is 3.11. The summed E-state index contributed by atoms with van der Waals surface area (Å²) in [6.45, 7) is 0.646. The summed E-state index contributed by atoms with van der Waals surface area (Å²) in [6, 6.07) is 3.09. The number of halogens is 1. The molecule has 1 aliphatic heterocycles. The number of rotatable bonds is 1. The van der Waals surface area contributed by atoms with E-state index in [0.29, 0.717) is 6.54 Å². The van der Waals surface area contributed by atoms with Crippen LogP contribution in [-0.2, 0) is 6.54 Å². The molecule has 0 radical (unpaired) electrons. The zero-order valence-corrected chi connectivity index (χ0v) is 8.21. The van der Waals surface area contributed by atoms with Gasteiger partial charge < -0.3 is 5.43 Å². The van der Waals surface area contributed by atoms with E-state index in [1.54, 1.807) is 6.07 Å². The van der Waals surface area contributed by atoms with E-state index in [1.165, 1.54) is 6.07 Å². The molecular formula is C8H8ClN3O2. The summed E-state index contributed by atoms with van der Waals surface area (Å²) in [4.78, 5) is 10.1. The first-order valence-corrected chi connectivity index (χ1v) is 4.40. The van der Waals surface area contributed by atoms with Gasteiger partial charge in [0, 0.05) is 19.7 Å². The first kappa shape index (κ1) is 9.23. The summed E-state index contributed by atoms with van der Waals surface area (Å²) in [6.07, 6.45) is 0. The highest BCUT2D eigenvalue weighted by Crippen LogP contribution is 2.34. The lowest BCUT2D eigenvalue weighted by atomic mass is 10.2. The number of hydrazine groups is 1. The van der Waals surface area contributed by atoms with Crippen molar-refractivity contribution in [2.45, 2.75) is 6.54 Å². The zero-order chi connectivity index (χ0) is 10.3. The second-order valence-corrected chi connectivity index (χ2v) is 3.59. The molecule has 0 fully saturated rings. The number of nitro groups is 1. The molecule has 0 aliphatic carbocycles. The van der Waals surface area contributed by atoms with E-state index < -0.39 is 4.92 Å². The Morgan fingerprint density at radius 1 is 1.64 bits per heavy atom. The molecule has 74 valence electrons. The summed E-state index contributed by atoms with van der Waals surface area (Å²) < 4.78 is 0. The van der Waals surface area contributed by atoms with Gasteiger partial charge in [0.25, 0.3) is 5.69 Å². The molecule has 0 atom stereocenters. The van der Waals surface area contributed by atoms with E-state index in [-0.39, 0.29) is 10.7 Å². The molecule has 6 heteroatoms. The second-order valence-electron chi connectivity index (χ2n) is 3.19. The fourth-order valence-corrected chi connectivity index (χ4v) is 1.71. The van der Waals surface area contributed by atoms with Crippen molar-refractivity contribution >= 4 is 23.0 Å². The Balaban J connectivity index is 2.50. The van der Waals surface area contributed by atoms with Gasteiger partial charge >= 0.3 is 0 Å². The highest BCUT2D eigenvalue weighted by Gasteiger charge is 2.21. The third kappa shape index (κ3) is 1.40. The summed E-state index contributed by atoms with van der Waals surface area (Å²) in [5, 5.41) is 12.6. The third-order valence-corrected chi connectivity index (χ3v) is 2.39. The van der Waals surface area contributed by atoms with Gasteiger partial charge in [0.15, 0.2) is 0 Å². The predicted octanol–water partition coefficient (Wildman–Crippen LogP) is 2.02. The number of fused-ring (bicyclic) bond motifs is 1. The van der Waals surface area contributed by atoms with Gasteiger partial charge in [-0.2, -0.15) is 0 Å². The topological polar surface area (TPSA) is 58.4 Å². The Labute approximate surface area is 85.4 Å². The Morgan fingerprint density at radius 3 is 3.00 bits per heavy atom. The molecule has 0 aromatic heterocycles. The Morgan fingerprint density at radius 2 is 2.36 bits per heavy atom. The smallest absolute Gasteiger partial charge is 0.288 e. The molecule has 0 bridgehead atoms. The number of nitro benzene ring substituents is 1. The highest BCUT2D eigenvalue weighted by atomic mass is 35.5. The summed E-state index contributed by atoms with van der Waals surface area (Å²) >= 11 is 5.75. The lowest BCUT2D eigenvalue weighted by Crippen LogP contribution is -2.16. The van der Waals surface area contributed by atoms with Crippen LogP contribution in [0.25, 0.3) is 0 Å². The SMILES string of the molecule is CN1Cc2cc([N+](=O)[O-])c(Cl)cc2N1. The van der Waals surface area contributed by atoms with Crippen molar-refractivity contribution in [2.75, 3.05) is 12.5 Å². The summed E-state index contributed by atoms with van der Waals surface area (Å²) in [5.74, 6) is 0. The van der Waals surface area contributed by atoms with Crippen molar-refractivity contribution in [1.29, 1.82) is 0 Å². The maximum Gasteiger partial charge on any atom is 0.288 e. The van der Waals surface area contributed by atoms with Crippen molar-refractivity contribution in [3.05, 3.63) is 32.8 Å². The van der Waals surface area contributed by atoms with Crippen molar-refractivity contribution in [2.24, 2.45) is 0 Å². The molecule has 0 amide bonds. The quantitative estimate of drug-likeness (QED) is 0.573. The fourth-order valence-electron chi connectivity index (χ4n) is 1.48. The average Bonchev–Trinajstić information content (AvgIpc) is 2.42. The summed E-state index contributed by atoms with van der Waals surface area (Å²) in [5.41, 5.74) is 4.72. The van der Waals surface area contributed by atoms with Crippen molar-refractivity contribution in [3.63, 3.8) is 0 Å². The van der Waals surface area contributed by atoms with Crippen LogP contribution >= 0.6 is 11.6 Å². The van der Waals surface area contributed by atoms with Gasteiger partial charge in [-0.05, 0) is 11.6 Å². The van der Waals surface area contributed by atoms with E-state index in [2.05, 4.69) is 5.43 Å². The molecule has 0 spiro atoms. The molecule has 1 aromatic rings. The van der Waals surface area contributed by atoms with Crippen LogP contribution in [0, 0.1) is 10.1 Å². The van der Waals surface area contributed by atoms with E-state index in [4.69, 9.17) is 11.6 Å². The van der Waals surface area contributed by atoms with E-state index in [0.717, 1.165) is 11.3 Å². The fraction of sp³-hybridized carbons (Fsp3) is 0.250. The standard InChI is InChI=1S/C8H8ClN3O2/c1-11-4-5-2-8(12(13)14)6(9)3-7(5)10-11/h2-3,10H,4H2,1H3. The normalized spacial score (nSPS) is 15.0. The number of nitrogens with one attached hydrogen (secondary N) is 1. The van der Waals surface area contributed by atoms with Gasteiger partial charge in [-0.1, -0.05) is 11.6 Å². The van der Waals surface area contributed by atoms with E-state index >= 15 is 0 Å². The van der Waals surface area contributed by atoms with Crippen LogP contribution in [0.15, 0.2) is 12.1 Å². The minimum atomic E-state index is -0.471. The number of hydrogen-bond acceptors (Lipinski definition) is 4. The average molecular weight is 214 g/mol. The number of nitrogens with zero attached hydrogens (tertiary/aromatic N) is 2. The van der Waals surface area contributed by atoms with Crippen LogP contribution in [0.1, 0.15) is 5.56 Å². The largest absolute Gasteiger partial charge is 0.318 e. The molecule has 1 heterocycles. The van der Waals surface area contributed by atoms with Gasteiger partial charge in [-0.15, -0.1) is 0 Å². The molecule has 1 aliphatic rings. The Kier molecular flexibility index (Phi) is 2.05. The molecule has 2 rings (SSSR count). The highest BCUT2D eigenvalue weighted by molar-refractivity contribution is 6.33. The zero-order valence-electron chi connectivity index (χ0n) is 7.45. The van der Waals surface area contributed by atoms with Crippen molar-refractivity contribution < 1.29 is 4.92 Å². The maximum absolute atomic E-state index is 10.6. The van der Waals surface area contributed by atoms with Crippen LogP contribution in [-0.4, -0.2) is 17.0 Å². The number of benzene rings is 1. The number of hydrogen-bond donors (Lipinski definition) is 1. The lowest BCUT2D eigenvalue weighted by Gasteiger charge is -2.06. The molecule has 5 nitrogen and oxygen atoms in total. The summed E-state index contributed by atoms with van der Waals surface area (Å²) in [7, 11) is 1.86. The van der Waals surface area contributed by atoms with Gasteiger partial charge in [-0.25, -0.2) is 5.01 Å². The Bertz CT molecular complexity index is 408. The van der Waals surface area contributed by atoms with E-state index in [9.17, 15) is 10.1 Å². The first-order chi connectivity index (χ1) is 6.58. The minimum absolute atomic E-state index is 0.0393. The molecule has 1 N–H and O–H groups in total. The monoisotopic (exact) mass is 213 g/mol. The molecule has 0 unspecified atom stereocenters. The van der Waals surface area contributed by atoms with Crippen LogP contribution < -0.4 is 5.43 Å². The molecule has 14 heavy (non-hydrogen) atoms. The van der Waals surface area contributed by atoms with Crippen molar-refractivity contribution in [1.82, 2.24) is 5.01 Å². The predicted molar refractivity (Wildman–Crippen MR) is 53.2 cm³/mol. The molecule has 1 aromatic carbocycles.